The van der Waals surface area contributed by atoms with Crippen LogP contribution in [0.15, 0.2) is 42.5 Å². The van der Waals surface area contributed by atoms with E-state index in [4.69, 9.17) is 15.2 Å². The van der Waals surface area contributed by atoms with Gasteiger partial charge in [0.05, 0.1) is 0 Å². The zero-order valence-electron chi connectivity index (χ0n) is 9.85. The van der Waals surface area contributed by atoms with Gasteiger partial charge in [-0.1, -0.05) is 18.2 Å². The predicted octanol–water partition coefficient (Wildman–Crippen LogP) is 2.61. The van der Waals surface area contributed by atoms with Crippen LogP contribution in [0, 0.1) is 0 Å². The predicted molar refractivity (Wildman–Crippen MR) is 70.7 cm³/mol. The molecule has 0 bridgehead atoms. The molecule has 2 aromatic rings. The number of nitrogens with two attached hydrogens (primary N) is 1. The molecule has 92 valence electrons. The largest absolute Gasteiger partial charge is 0.454 e. The summed E-state index contributed by atoms with van der Waals surface area (Å²) in [4.78, 5) is 0. The van der Waals surface area contributed by atoms with E-state index in [0.29, 0.717) is 13.3 Å². The van der Waals surface area contributed by atoms with Crippen molar-refractivity contribution >= 4 is 11.4 Å². The molecule has 1 aliphatic heterocycles. The van der Waals surface area contributed by atoms with Gasteiger partial charge in [0.1, 0.15) is 0 Å². The summed E-state index contributed by atoms with van der Waals surface area (Å²) in [7, 11) is 0. The number of anilines is 2. The minimum absolute atomic E-state index is 0.296. The van der Waals surface area contributed by atoms with Crippen molar-refractivity contribution in [2.45, 2.75) is 6.54 Å². The Morgan fingerprint density at radius 3 is 2.78 bits per heavy atom. The molecule has 1 heterocycles. The van der Waals surface area contributed by atoms with Crippen molar-refractivity contribution in [2.24, 2.45) is 0 Å². The first kappa shape index (κ1) is 10.8. The van der Waals surface area contributed by atoms with E-state index in [9.17, 15) is 0 Å². The van der Waals surface area contributed by atoms with Crippen LogP contribution >= 0.6 is 0 Å². The summed E-state index contributed by atoms with van der Waals surface area (Å²) in [6.07, 6.45) is 0. The first-order valence-electron chi connectivity index (χ1n) is 5.80. The molecule has 2 aromatic carbocycles. The van der Waals surface area contributed by atoms with Gasteiger partial charge in [0.25, 0.3) is 0 Å². The van der Waals surface area contributed by atoms with Crippen LogP contribution < -0.4 is 20.5 Å². The molecule has 0 saturated carbocycles. The summed E-state index contributed by atoms with van der Waals surface area (Å²) < 4.78 is 10.6. The first-order valence-corrected chi connectivity index (χ1v) is 5.80. The van der Waals surface area contributed by atoms with Crippen LogP contribution in [-0.4, -0.2) is 6.79 Å². The van der Waals surface area contributed by atoms with Gasteiger partial charge in [-0.15, -0.1) is 0 Å². The molecule has 0 fully saturated rings. The number of hydrogen-bond donors (Lipinski definition) is 2. The van der Waals surface area contributed by atoms with E-state index >= 15 is 0 Å². The third-order valence-electron chi connectivity index (χ3n) is 2.91. The number of nitrogen functional groups attached to an aromatic ring is 1. The number of benzene rings is 2. The lowest BCUT2D eigenvalue weighted by Crippen LogP contribution is -2.02. The average Bonchev–Trinajstić information content (AvgIpc) is 2.85. The van der Waals surface area contributed by atoms with Gasteiger partial charge in [0.2, 0.25) is 6.79 Å². The molecule has 0 unspecified atom stereocenters. The Kier molecular flexibility index (Phi) is 2.68. The molecule has 0 saturated heterocycles. The molecule has 0 radical (unpaired) electrons. The standard InChI is InChI=1S/C14H14N2O2/c15-12-4-2-1-3-10(12)8-16-11-5-6-13-14(7-11)18-9-17-13/h1-7,16H,8-9,15H2. The molecule has 0 aliphatic carbocycles. The quantitative estimate of drug-likeness (QED) is 0.812. The zero-order chi connectivity index (χ0) is 12.4. The van der Waals surface area contributed by atoms with Gasteiger partial charge >= 0.3 is 0 Å². The molecule has 3 rings (SSSR count). The number of fused-ring (bicyclic) bond motifs is 1. The van der Waals surface area contributed by atoms with E-state index in [1.54, 1.807) is 0 Å². The molecule has 0 atom stereocenters. The third-order valence-corrected chi connectivity index (χ3v) is 2.91. The van der Waals surface area contributed by atoms with Crippen LogP contribution in [-0.2, 0) is 6.54 Å². The van der Waals surface area contributed by atoms with Crippen LogP contribution in [0.3, 0.4) is 0 Å². The highest BCUT2D eigenvalue weighted by atomic mass is 16.7. The maximum Gasteiger partial charge on any atom is 0.231 e. The first-order chi connectivity index (χ1) is 8.83. The molecule has 4 heteroatoms. The van der Waals surface area contributed by atoms with Gasteiger partial charge in [-0.3, -0.25) is 0 Å². The second-order valence-electron chi connectivity index (χ2n) is 4.12. The lowest BCUT2D eigenvalue weighted by atomic mass is 10.2. The Bertz CT molecular complexity index is 569. The van der Waals surface area contributed by atoms with Crippen LogP contribution in [0.25, 0.3) is 0 Å². The van der Waals surface area contributed by atoms with Gasteiger partial charge in [-0.25, -0.2) is 0 Å². The molecule has 0 amide bonds. The van der Waals surface area contributed by atoms with Crippen molar-refractivity contribution in [3.63, 3.8) is 0 Å². The fraction of sp³-hybridized carbons (Fsp3) is 0.143. The van der Waals surface area contributed by atoms with Crippen molar-refractivity contribution in [3.8, 4) is 11.5 Å². The number of hydrogen-bond acceptors (Lipinski definition) is 4. The lowest BCUT2D eigenvalue weighted by molar-refractivity contribution is 0.174. The van der Waals surface area contributed by atoms with E-state index < -0.39 is 0 Å². The Hall–Kier alpha value is -2.36. The van der Waals surface area contributed by atoms with Crippen molar-refractivity contribution in [2.75, 3.05) is 17.8 Å². The Balaban J connectivity index is 1.72. The van der Waals surface area contributed by atoms with Crippen molar-refractivity contribution in [1.82, 2.24) is 0 Å². The van der Waals surface area contributed by atoms with E-state index in [2.05, 4.69) is 5.32 Å². The zero-order valence-corrected chi connectivity index (χ0v) is 9.85. The van der Waals surface area contributed by atoms with Crippen molar-refractivity contribution < 1.29 is 9.47 Å². The molecular formula is C14H14N2O2. The van der Waals surface area contributed by atoms with Gasteiger partial charge in [0, 0.05) is 24.0 Å². The highest BCUT2D eigenvalue weighted by Crippen LogP contribution is 2.34. The SMILES string of the molecule is Nc1ccccc1CNc1ccc2c(c1)OCO2. The normalized spacial score (nSPS) is 12.4. The summed E-state index contributed by atoms with van der Waals surface area (Å²) in [5.41, 5.74) is 8.75. The van der Waals surface area contributed by atoms with Crippen LogP contribution in [0.1, 0.15) is 5.56 Å². The Morgan fingerprint density at radius 1 is 1.06 bits per heavy atom. The summed E-state index contributed by atoms with van der Waals surface area (Å²) >= 11 is 0. The maximum absolute atomic E-state index is 5.89. The molecule has 1 aliphatic rings. The fourth-order valence-corrected chi connectivity index (χ4v) is 1.90. The van der Waals surface area contributed by atoms with Gasteiger partial charge < -0.3 is 20.5 Å². The molecule has 18 heavy (non-hydrogen) atoms. The van der Waals surface area contributed by atoms with Gasteiger partial charge in [-0.05, 0) is 23.8 Å². The second-order valence-corrected chi connectivity index (χ2v) is 4.12. The van der Waals surface area contributed by atoms with Crippen LogP contribution in [0.2, 0.25) is 0 Å². The Labute approximate surface area is 105 Å². The molecule has 0 aromatic heterocycles. The van der Waals surface area contributed by atoms with E-state index in [1.807, 2.05) is 42.5 Å². The maximum atomic E-state index is 5.89. The monoisotopic (exact) mass is 242 g/mol. The summed E-state index contributed by atoms with van der Waals surface area (Å²) in [6.45, 7) is 0.983. The topological polar surface area (TPSA) is 56.5 Å². The fourth-order valence-electron chi connectivity index (χ4n) is 1.90. The highest BCUT2D eigenvalue weighted by Gasteiger charge is 2.12. The van der Waals surface area contributed by atoms with Crippen molar-refractivity contribution in [1.29, 1.82) is 0 Å². The van der Waals surface area contributed by atoms with Crippen molar-refractivity contribution in [3.05, 3.63) is 48.0 Å². The number of para-hydroxylation sites is 1. The number of ether oxygens (including phenoxy) is 2. The molecular weight excluding hydrogens is 228 g/mol. The summed E-state index contributed by atoms with van der Waals surface area (Å²) in [6, 6.07) is 13.6. The minimum Gasteiger partial charge on any atom is -0.454 e. The smallest absolute Gasteiger partial charge is 0.231 e. The molecule has 0 spiro atoms. The molecule has 3 N–H and O–H groups in total. The van der Waals surface area contributed by atoms with Crippen LogP contribution in [0.4, 0.5) is 11.4 Å². The Morgan fingerprint density at radius 2 is 1.89 bits per heavy atom. The lowest BCUT2D eigenvalue weighted by Gasteiger charge is -2.09. The second kappa shape index (κ2) is 4.49. The average molecular weight is 242 g/mol. The third kappa shape index (κ3) is 2.05. The summed E-state index contributed by atoms with van der Waals surface area (Å²) in [5.74, 6) is 1.57. The molecule has 4 nitrogen and oxygen atoms in total. The highest BCUT2D eigenvalue weighted by molar-refractivity contribution is 5.56. The summed E-state index contributed by atoms with van der Waals surface area (Å²) in [5, 5.41) is 3.32. The van der Waals surface area contributed by atoms with Gasteiger partial charge in [0.15, 0.2) is 11.5 Å². The van der Waals surface area contributed by atoms with E-state index in [1.165, 1.54) is 0 Å². The van der Waals surface area contributed by atoms with Crippen LogP contribution in [0.5, 0.6) is 11.5 Å². The van der Waals surface area contributed by atoms with Gasteiger partial charge in [-0.2, -0.15) is 0 Å². The van der Waals surface area contributed by atoms with E-state index in [-0.39, 0.29) is 0 Å². The number of nitrogens with one attached hydrogen (secondary N) is 1. The number of rotatable bonds is 3. The van der Waals surface area contributed by atoms with E-state index in [0.717, 1.165) is 28.4 Å². The minimum atomic E-state index is 0.296.